The lowest BCUT2D eigenvalue weighted by Gasteiger charge is -2.22. The standard InChI is InChI=1S/C20H25FN2O3S/c1-3-4-5-14-22-20(24)17-8-12-19(13-9-17)23(27(2,25)26)15-16-6-10-18(21)11-7-16/h6-13H,3-5,14-15H2,1-2H3,(H,22,24). The number of carbonyl (C=O) groups is 1. The van der Waals surface area contributed by atoms with Gasteiger partial charge in [-0.3, -0.25) is 9.10 Å². The van der Waals surface area contributed by atoms with Crippen LogP contribution in [-0.2, 0) is 16.6 Å². The molecule has 2 aromatic carbocycles. The first-order chi connectivity index (χ1) is 12.8. The van der Waals surface area contributed by atoms with Crippen molar-refractivity contribution in [3.8, 4) is 0 Å². The number of sulfonamides is 1. The van der Waals surface area contributed by atoms with Gasteiger partial charge in [0.05, 0.1) is 18.5 Å². The Labute approximate surface area is 160 Å². The topological polar surface area (TPSA) is 66.5 Å². The lowest BCUT2D eigenvalue weighted by atomic mass is 10.1. The zero-order valence-corrected chi connectivity index (χ0v) is 16.4. The van der Waals surface area contributed by atoms with E-state index in [0.717, 1.165) is 25.5 Å². The molecular weight excluding hydrogens is 367 g/mol. The number of carbonyl (C=O) groups excluding carboxylic acids is 1. The number of nitrogens with zero attached hydrogens (tertiary/aromatic N) is 1. The predicted octanol–water partition coefficient (Wildman–Crippen LogP) is 3.71. The van der Waals surface area contributed by atoms with E-state index in [2.05, 4.69) is 12.2 Å². The van der Waals surface area contributed by atoms with Crippen LogP contribution in [0.2, 0.25) is 0 Å². The molecule has 2 rings (SSSR count). The quantitative estimate of drug-likeness (QED) is 0.662. The van der Waals surface area contributed by atoms with Gasteiger partial charge in [-0.1, -0.05) is 31.9 Å². The summed E-state index contributed by atoms with van der Waals surface area (Å²) in [5.74, 6) is -0.555. The number of rotatable bonds is 9. The van der Waals surface area contributed by atoms with Gasteiger partial charge in [0.15, 0.2) is 0 Å². The predicted molar refractivity (Wildman–Crippen MR) is 106 cm³/mol. The first-order valence-corrected chi connectivity index (χ1v) is 10.8. The summed E-state index contributed by atoms with van der Waals surface area (Å²) < 4.78 is 38.7. The average molecular weight is 392 g/mol. The van der Waals surface area contributed by atoms with Gasteiger partial charge in [0.1, 0.15) is 5.82 Å². The Morgan fingerprint density at radius 1 is 1.04 bits per heavy atom. The second-order valence-corrected chi connectivity index (χ2v) is 8.31. The van der Waals surface area contributed by atoms with Crippen LogP contribution in [0.15, 0.2) is 48.5 Å². The molecule has 27 heavy (non-hydrogen) atoms. The SMILES string of the molecule is CCCCCNC(=O)c1ccc(N(Cc2ccc(F)cc2)S(C)(=O)=O)cc1. The monoisotopic (exact) mass is 392 g/mol. The smallest absolute Gasteiger partial charge is 0.251 e. The van der Waals surface area contributed by atoms with Gasteiger partial charge in [-0.2, -0.15) is 0 Å². The Hall–Kier alpha value is -2.41. The maximum atomic E-state index is 13.1. The van der Waals surface area contributed by atoms with Gasteiger partial charge in [-0.05, 0) is 48.4 Å². The van der Waals surface area contributed by atoms with E-state index in [-0.39, 0.29) is 18.3 Å². The van der Waals surface area contributed by atoms with Crippen molar-refractivity contribution in [3.05, 3.63) is 65.5 Å². The molecule has 0 heterocycles. The van der Waals surface area contributed by atoms with Gasteiger partial charge in [0, 0.05) is 12.1 Å². The van der Waals surface area contributed by atoms with Crippen molar-refractivity contribution < 1.29 is 17.6 Å². The Kier molecular flexibility index (Phi) is 7.36. The summed E-state index contributed by atoms with van der Waals surface area (Å²) in [6.45, 7) is 2.80. The highest BCUT2D eigenvalue weighted by Crippen LogP contribution is 2.21. The van der Waals surface area contributed by atoms with Crippen molar-refractivity contribution in [3.63, 3.8) is 0 Å². The maximum Gasteiger partial charge on any atom is 0.251 e. The fourth-order valence-electron chi connectivity index (χ4n) is 2.61. The summed E-state index contributed by atoms with van der Waals surface area (Å²) in [5, 5.41) is 2.85. The summed E-state index contributed by atoms with van der Waals surface area (Å²) in [7, 11) is -3.54. The molecule has 0 spiro atoms. The number of nitrogens with one attached hydrogen (secondary N) is 1. The van der Waals surface area contributed by atoms with Crippen molar-refractivity contribution in [2.45, 2.75) is 32.7 Å². The summed E-state index contributed by atoms with van der Waals surface area (Å²) in [6.07, 6.45) is 4.19. The maximum absolute atomic E-state index is 13.1. The Morgan fingerprint density at radius 2 is 1.67 bits per heavy atom. The molecular formula is C20H25FN2O3S. The molecule has 0 fully saturated rings. The Bertz CT molecular complexity index is 850. The van der Waals surface area contributed by atoms with E-state index in [1.54, 1.807) is 36.4 Å². The fourth-order valence-corrected chi connectivity index (χ4v) is 3.50. The second-order valence-electron chi connectivity index (χ2n) is 6.41. The van der Waals surface area contributed by atoms with Crippen LogP contribution in [0, 0.1) is 5.82 Å². The van der Waals surface area contributed by atoms with Gasteiger partial charge < -0.3 is 5.32 Å². The van der Waals surface area contributed by atoms with Crippen LogP contribution in [-0.4, -0.2) is 27.1 Å². The molecule has 1 N–H and O–H groups in total. The lowest BCUT2D eigenvalue weighted by Crippen LogP contribution is -2.29. The van der Waals surface area contributed by atoms with E-state index >= 15 is 0 Å². The van der Waals surface area contributed by atoms with E-state index in [4.69, 9.17) is 0 Å². The zero-order chi connectivity index (χ0) is 19.9. The molecule has 0 aromatic heterocycles. The van der Waals surface area contributed by atoms with Crippen LogP contribution < -0.4 is 9.62 Å². The zero-order valence-electron chi connectivity index (χ0n) is 15.6. The second kappa shape index (κ2) is 9.50. The molecule has 0 unspecified atom stereocenters. The summed E-state index contributed by atoms with van der Waals surface area (Å²) in [4.78, 5) is 12.1. The Morgan fingerprint density at radius 3 is 2.22 bits per heavy atom. The van der Waals surface area contributed by atoms with E-state index in [1.807, 2.05) is 0 Å². The molecule has 0 aliphatic carbocycles. The lowest BCUT2D eigenvalue weighted by molar-refractivity contribution is 0.0953. The van der Waals surface area contributed by atoms with Gasteiger partial charge in [0.25, 0.3) is 5.91 Å². The summed E-state index contributed by atoms with van der Waals surface area (Å²) in [5.41, 5.74) is 1.59. The number of unbranched alkanes of at least 4 members (excludes halogenated alkanes) is 2. The Balaban J connectivity index is 2.12. The largest absolute Gasteiger partial charge is 0.352 e. The van der Waals surface area contributed by atoms with Crippen molar-refractivity contribution in [2.24, 2.45) is 0 Å². The third-order valence-corrected chi connectivity index (χ3v) is 5.26. The number of benzene rings is 2. The molecule has 0 saturated carbocycles. The molecule has 0 aliphatic heterocycles. The normalized spacial score (nSPS) is 11.2. The van der Waals surface area contributed by atoms with Crippen LogP contribution in [0.5, 0.6) is 0 Å². The van der Waals surface area contributed by atoms with E-state index in [0.29, 0.717) is 23.4 Å². The number of anilines is 1. The molecule has 0 saturated heterocycles. The van der Waals surface area contributed by atoms with E-state index in [9.17, 15) is 17.6 Å². The molecule has 1 amide bonds. The average Bonchev–Trinajstić information content (AvgIpc) is 2.64. The van der Waals surface area contributed by atoms with Gasteiger partial charge in [-0.15, -0.1) is 0 Å². The van der Waals surface area contributed by atoms with Crippen molar-refractivity contribution in [2.75, 3.05) is 17.1 Å². The molecule has 5 nitrogen and oxygen atoms in total. The number of hydrogen-bond donors (Lipinski definition) is 1. The van der Waals surface area contributed by atoms with Gasteiger partial charge in [-0.25, -0.2) is 12.8 Å². The van der Waals surface area contributed by atoms with Gasteiger partial charge >= 0.3 is 0 Å². The van der Waals surface area contributed by atoms with E-state index < -0.39 is 10.0 Å². The third kappa shape index (κ3) is 6.36. The minimum atomic E-state index is -3.54. The minimum Gasteiger partial charge on any atom is -0.352 e. The molecule has 0 bridgehead atoms. The third-order valence-electron chi connectivity index (χ3n) is 4.12. The minimum absolute atomic E-state index is 0.0850. The number of amides is 1. The highest BCUT2D eigenvalue weighted by Gasteiger charge is 2.18. The highest BCUT2D eigenvalue weighted by atomic mass is 32.2. The van der Waals surface area contributed by atoms with Gasteiger partial charge in [0.2, 0.25) is 10.0 Å². The molecule has 0 aliphatic rings. The summed E-state index contributed by atoms with van der Waals surface area (Å²) >= 11 is 0. The van der Waals surface area contributed by atoms with Crippen LogP contribution in [0.25, 0.3) is 0 Å². The van der Waals surface area contributed by atoms with Crippen molar-refractivity contribution in [1.82, 2.24) is 5.32 Å². The molecule has 146 valence electrons. The van der Waals surface area contributed by atoms with E-state index in [1.165, 1.54) is 16.4 Å². The molecule has 2 aromatic rings. The van der Waals surface area contributed by atoms with Crippen molar-refractivity contribution in [1.29, 1.82) is 0 Å². The number of hydrogen-bond acceptors (Lipinski definition) is 3. The van der Waals surface area contributed by atoms with Crippen LogP contribution in [0.1, 0.15) is 42.1 Å². The highest BCUT2D eigenvalue weighted by molar-refractivity contribution is 7.92. The molecule has 7 heteroatoms. The van der Waals surface area contributed by atoms with Crippen molar-refractivity contribution >= 4 is 21.6 Å². The first kappa shape index (κ1) is 20.9. The molecule has 0 radical (unpaired) electrons. The molecule has 0 atom stereocenters. The first-order valence-electron chi connectivity index (χ1n) is 8.91. The summed E-state index contributed by atoms with van der Waals surface area (Å²) in [6, 6.07) is 12.1. The fraction of sp³-hybridized carbons (Fsp3) is 0.350. The number of halogens is 1. The van der Waals surface area contributed by atoms with Crippen LogP contribution >= 0.6 is 0 Å². The van der Waals surface area contributed by atoms with Crippen LogP contribution in [0.3, 0.4) is 0 Å². The van der Waals surface area contributed by atoms with Crippen LogP contribution in [0.4, 0.5) is 10.1 Å².